The van der Waals surface area contributed by atoms with Crippen LogP contribution in [0.25, 0.3) is 0 Å². The molecular formula is C21H40N2O4S. The van der Waals surface area contributed by atoms with Gasteiger partial charge >= 0.3 is 0 Å². The van der Waals surface area contributed by atoms with Crippen molar-refractivity contribution in [3.63, 3.8) is 0 Å². The second kappa shape index (κ2) is 14.1. The van der Waals surface area contributed by atoms with Crippen LogP contribution in [0, 0.1) is 6.92 Å². The minimum Gasteiger partial charge on any atom is -0.744 e. The summed E-state index contributed by atoms with van der Waals surface area (Å²) in [6.07, 6.45) is 7.75. The molecule has 0 amide bonds. The number of nitrogens with one attached hydrogen (secondary N) is 1. The molecule has 1 unspecified atom stereocenters. The van der Waals surface area contributed by atoms with E-state index in [0.29, 0.717) is 0 Å². The van der Waals surface area contributed by atoms with Gasteiger partial charge in [-0.3, -0.25) is 0 Å². The van der Waals surface area contributed by atoms with Crippen molar-refractivity contribution < 1.29 is 22.6 Å². The molecule has 2 N–H and O–H groups in total. The average Bonchev–Trinajstić information content (AvgIpc) is 2.56. The number of rotatable bonds is 12. The lowest BCUT2D eigenvalue weighted by Crippen LogP contribution is -2.45. The fraction of sp³-hybridized carbons (Fsp3) is 0.714. The molecule has 0 heterocycles. The Labute approximate surface area is 172 Å². The molecule has 0 spiro atoms. The van der Waals surface area contributed by atoms with Gasteiger partial charge in [-0.25, -0.2) is 8.42 Å². The molecule has 0 saturated carbocycles. The Hall–Kier alpha value is -0.990. The van der Waals surface area contributed by atoms with Crippen LogP contribution in [0.2, 0.25) is 0 Å². The Kier molecular flexibility index (Phi) is 13.6. The number of aliphatic hydroxyl groups is 1. The maximum Gasteiger partial charge on any atom is 0.124 e. The van der Waals surface area contributed by atoms with E-state index >= 15 is 0 Å². The van der Waals surface area contributed by atoms with Crippen molar-refractivity contribution in [2.75, 3.05) is 40.8 Å². The fourth-order valence-corrected chi connectivity index (χ4v) is 3.17. The summed E-state index contributed by atoms with van der Waals surface area (Å²) in [4.78, 5) is -0.178. The van der Waals surface area contributed by atoms with Crippen LogP contribution in [-0.2, 0) is 10.1 Å². The summed E-state index contributed by atoms with van der Waals surface area (Å²) in [7, 11) is 2.05. The molecule has 1 aromatic carbocycles. The Morgan fingerprint density at radius 1 is 1.04 bits per heavy atom. The third kappa shape index (κ3) is 16.0. The number of aryl methyl sites for hydroxylation is 1. The van der Waals surface area contributed by atoms with E-state index in [0.717, 1.165) is 29.7 Å². The van der Waals surface area contributed by atoms with Gasteiger partial charge in [0.05, 0.1) is 26.0 Å². The van der Waals surface area contributed by atoms with E-state index in [1.54, 1.807) is 12.1 Å². The van der Waals surface area contributed by atoms with E-state index in [1.165, 1.54) is 50.7 Å². The van der Waals surface area contributed by atoms with E-state index in [2.05, 4.69) is 33.4 Å². The summed E-state index contributed by atoms with van der Waals surface area (Å²) < 4.78 is 32.0. The van der Waals surface area contributed by atoms with Crippen LogP contribution in [-0.4, -0.2) is 69.4 Å². The van der Waals surface area contributed by atoms with E-state index in [9.17, 15) is 18.1 Å². The van der Waals surface area contributed by atoms with Crippen LogP contribution in [0.4, 0.5) is 0 Å². The maximum atomic E-state index is 10.4. The molecule has 0 saturated heterocycles. The number of likely N-dealkylation sites (N-methyl/N-ethyl adjacent to an activating group) is 1. The predicted molar refractivity (Wildman–Crippen MR) is 114 cm³/mol. The molecule has 0 bridgehead atoms. The van der Waals surface area contributed by atoms with Gasteiger partial charge in [0.2, 0.25) is 0 Å². The second-order valence-corrected chi connectivity index (χ2v) is 9.75. The second-order valence-electron chi connectivity index (χ2n) is 8.37. The minimum atomic E-state index is -4.27. The summed E-state index contributed by atoms with van der Waals surface area (Å²) in [5, 5.41) is 13.1. The predicted octanol–water partition coefficient (Wildman–Crippen LogP) is 2.90. The number of hydrogen-bond donors (Lipinski definition) is 2. The lowest BCUT2D eigenvalue weighted by Gasteiger charge is -2.26. The summed E-state index contributed by atoms with van der Waals surface area (Å²) >= 11 is 0. The number of quaternary nitrogens is 1. The monoisotopic (exact) mass is 416 g/mol. The van der Waals surface area contributed by atoms with Crippen LogP contribution in [0.15, 0.2) is 29.2 Å². The molecule has 1 rings (SSSR count). The number of unbranched alkanes of at least 4 members (excludes halogenated alkanes) is 5. The fourth-order valence-electron chi connectivity index (χ4n) is 2.70. The van der Waals surface area contributed by atoms with Gasteiger partial charge in [-0.2, -0.15) is 0 Å². The molecule has 1 aromatic rings. The van der Waals surface area contributed by atoms with Crippen LogP contribution in [0.1, 0.15) is 51.0 Å². The first kappa shape index (κ1) is 27.0. The smallest absolute Gasteiger partial charge is 0.124 e. The zero-order valence-corrected chi connectivity index (χ0v) is 19.1. The quantitative estimate of drug-likeness (QED) is 0.311. The first-order valence-electron chi connectivity index (χ1n) is 10.2. The number of benzene rings is 1. The molecule has 28 heavy (non-hydrogen) atoms. The summed E-state index contributed by atoms with van der Waals surface area (Å²) in [5.74, 6) is 0. The van der Waals surface area contributed by atoms with Crippen LogP contribution >= 0.6 is 0 Å². The summed E-state index contributed by atoms with van der Waals surface area (Å²) in [6.45, 7) is 6.65. The van der Waals surface area contributed by atoms with Gasteiger partial charge in [-0.05, 0) is 32.0 Å². The van der Waals surface area contributed by atoms with Gasteiger partial charge in [-0.1, -0.05) is 56.7 Å². The van der Waals surface area contributed by atoms with Gasteiger partial charge in [0.15, 0.2) is 0 Å². The molecule has 164 valence electrons. The molecule has 0 fully saturated rings. The highest BCUT2D eigenvalue weighted by Gasteiger charge is 2.14. The van der Waals surface area contributed by atoms with Crippen molar-refractivity contribution in [2.45, 2.75) is 63.4 Å². The average molecular weight is 417 g/mol. The highest BCUT2D eigenvalue weighted by molar-refractivity contribution is 7.85. The van der Waals surface area contributed by atoms with E-state index in [1.807, 2.05) is 6.92 Å². The Morgan fingerprint density at radius 3 is 2.07 bits per heavy atom. The van der Waals surface area contributed by atoms with Gasteiger partial charge in [0, 0.05) is 6.54 Å². The molecule has 0 aliphatic heterocycles. The summed E-state index contributed by atoms with van der Waals surface area (Å²) in [6, 6.07) is 5.78. The largest absolute Gasteiger partial charge is 0.744 e. The molecule has 0 aliphatic carbocycles. The molecule has 0 aromatic heterocycles. The first-order chi connectivity index (χ1) is 13.0. The minimum absolute atomic E-state index is 0.178. The topological polar surface area (TPSA) is 89.5 Å². The third-order valence-corrected chi connectivity index (χ3v) is 5.00. The molecule has 6 nitrogen and oxygen atoms in total. The number of nitrogens with zero attached hydrogens (tertiary/aromatic N) is 1. The molecule has 0 aliphatic rings. The van der Waals surface area contributed by atoms with E-state index in [4.69, 9.17) is 0 Å². The highest BCUT2D eigenvalue weighted by atomic mass is 32.2. The van der Waals surface area contributed by atoms with Crippen LogP contribution in [0.5, 0.6) is 0 Å². The summed E-state index contributed by atoms with van der Waals surface area (Å²) in [5.41, 5.74) is 0.928. The Balaban J connectivity index is 0.000000567. The van der Waals surface area contributed by atoms with Crippen molar-refractivity contribution in [1.82, 2.24) is 5.32 Å². The maximum absolute atomic E-state index is 10.4. The normalized spacial score (nSPS) is 13.0. The molecular weight excluding hydrogens is 376 g/mol. The number of hydrogen-bond acceptors (Lipinski definition) is 5. The third-order valence-electron chi connectivity index (χ3n) is 4.16. The van der Waals surface area contributed by atoms with E-state index < -0.39 is 10.1 Å². The van der Waals surface area contributed by atoms with Gasteiger partial charge in [0.1, 0.15) is 22.8 Å². The van der Waals surface area contributed by atoms with Crippen LogP contribution < -0.4 is 5.32 Å². The van der Waals surface area contributed by atoms with Gasteiger partial charge in [-0.15, -0.1) is 0 Å². The van der Waals surface area contributed by atoms with Crippen molar-refractivity contribution in [3.8, 4) is 0 Å². The Bertz CT molecular complexity index is 610. The van der Waals surface area contributed by atoms with Crippen LogP contribution in [0.3, 0.4) is 0 Å². The lowest BCUT2D eigenvalue weighted by atomic mass is 10.1. The van der Waals surface area contributed by atoms with E-state index in [-0.39, 0.29) is 11.0 Å². The molecule has 7 heteroatoms. The lowest BCUT2D eigenvalue weighted by molar-refractivity contribution is -0.873. The Morgan fingerprint density at radius 2 is 1.57 bits per heavy atom. The number of aliphatic hydroxyl groups excluding tert-OH is 1. The van der Waals surface area contributed by atoms with Crippen molar-refractivity contribution >= 4 is 10.1 Å². The van der Waals surface area contributed by atoms with Crippen molar-refractivity contribution in [3.05, 3.63) is 29.8 Å². The standard InChI is InChI=1S/C14H33N2O.C7H8O3S/c1-5-6-7-8-9-10-11-15-12-14(17)13-16(2,3)4;1-6-2-4-7(5-3-6)11(8,9)10/h14-15,17H,5-13H2,1-4H3;2-5H,1H3,(H,8,9,10)/q+1;/p-1. The zero-order chi connectivity index (χ0) is 21.6. The molecule has 0 radical (unpaired) electrons. The highest BCUT2D eigenvalue weighted by Crippen LogP contribution is 2.08. The molecule has 1 atom stereocenters. The SMILES string of the molecule is CCCCCCCCNCC(O)C[N+](C)(C)C.Cc1ccc(S(=O)(=O)[O-])cc1. The van der Waals surface area contributed by atoms with Crippen molar-refractivity contribution in [2.24, 2.45) is 0 Å². The zero-order valence-electron chi connectivity index (χ0n) is 18.3. The van der Waals surface area contributed by atoms with Gasteiger partial charge < -0.3 is 19.5 Å². The van der Waals surface area contributed by atoms with Gasteiger partial charge in [0.25, 0.3) is 0 Å². The first-order valence-corrected chi connectivity index (χ1v) is 11.6. The van der Waals surface area contributed by atoms with Crippen molar-refractivity contribution in [1.29, 1.82) is 0 Å².